The van der Waals surface area contributed by atoms with E-state index in [4.69, 9.17) is 18.9 Å². The average molecular weight is 337 g/mol. The van der Waals surface area contributed by atoms with Gasteiger partial charge in [0.05, 0.1) is 25.9 Å². The highest BCUT2D eigenvalue weighted by Crippen LogP contribution is 2.40. The average Bonchev–Trinajstić information content (AvgIpc) is 2.59. The first-order valence-corrected chi connectivity index (χ1v) is 8.00. The van der Waals surface area contributed by atoms with Gasteiger partial charge in [0.1, 0.15) is 12.6 Å². The second-order valence-electron chi connectivity index (χ2n) is 6.70. The summed E-state index contributed by atoms with van der Waals surface area (Å²) in [6.07, 6.45) is -1.62. The lowest BCUT2D eigenvalue weighted by Gasteiger charge is -2.53. The Kier molecular flexibility index (Phi) is 4.78. The second-order valence-corrected chi connectivity index (χ2v) is 6.70. The van der Waals surface area contributed by atoms with E-state index in [0.29, 0.717) is 19.8 Å². The number of alkyl carbamates (subject to hydrolysis) is 1. The van der Waals surface area contributed by atoms with Gasteiger partial charge in [-0.1, -0.05) is 37.3 Å². The fourth-order valence-corrected chi connectivity index (χ4v) is 2.74. The number of benzene rings is 1. The number of fused-ring (bicyclic) bond motifs is 3. The van der Waals surface area contributed by atoms with Crippen molar-refractivity contribution in [3.05, 3.63) is 35.9 Å². The summed E-state index contributed by atoms with van der Waals surface area (Å²) in [5.74, 6) is -1.47. The molecule has 7 heteroatoms. The number of amides is 1. The van der Waals surface area contributed by atoms with Gasteiger partial charge in [0.25, 0.3) is 0 Å². The zero-order chi connectivity index (χ0) is 17.2. The molecule has 24 heavy (non-hydrogen) atoms. The van der Waals surface area contributed by atoms with E-state index in [0.717, 1.165) is 5.56 Å². The van der Waals surface area contributed by atoms with E-state index >= 15 is 0 Å². The SMILES string of the molecule is C[C@@H](O)[C@H](NC(=O)OCc1ccccc1)C12OCC(C)(CO1)CO2. The predicted molar refractivity (Wildman–Crippen MR) is 83.9 cm³/mol. The normalized spacial score (nSPS) is 31.3. The standard InChI is InChI=1S/C17H23NO6/c1-12(19)14(17-22-9-16(2,10-23-17)11-24-17)18-15(20)21-8-13-6-4-3-5-7-13/h3-7,12,14,19H,8-11H2,1-2H3,(H,18,20)/t12-,14+,16?,17?/m1/s1. The molecule has 3 saturated heterocycles. The Morgan fingerprint density at radius 1 is 1.25 bits per heavy atom. The molecule has 0 radical (unpaired) electrons. The van der Waals surface area contributed by atoms with Crippen molar-refractivity contribution in [3.63, 3.8) is 0 Å². The molecule has 3 aliphatic rings. The van der Waals surface area contributed by atoms with Crippen LogP contribution in [0.1, 0.15) is 19.4 Å². The van der Waals surface area contributed by atoms with Crippen molar-refractivity contribution in [1.29, 1.82) is 0 Å². The van der Waals surface area contributed by atoms with Gasteiger partial charge in [-0.15, -0.1) is 0 Å². The fourth-order valence-electron chi connectivity index (χ4n) is 2.74. The third-order valence-corrected chi connectivity index (χ3v) is 4.21. The third-order valence-electron chi connectivity index (χ3n) is 4.21. The summed E-state index contributed by atoms with van der Waals surface area (Å²) in [4.78, 5) is 12.1. The maximum absolute atomic E-state index is 12.1. The number of hydrogen-bond acceptors (Lipinski definition) is 6. The number of ether oxygens (including phenoxy) is 4. The summed E-state index contributed by atoms with van der Waals surface area (Å²) < 4.78 is 22.2. The van der Waals surface area contributed by atoms with Crippen LogP contribution in [0.3, 0.4) is 0 Å². The van der Waals surface area contributed by atoms with E-state index in [-0.39, 0.29) is 12.0 Å². The van der Waals surface area contributed by atoms with Crippen molar-refractivity contribution < 1.29 is 28.8 Å². The predicted octanol–water partition coefficient (Wildman–Crippen LogP) is 1.40. The number of hydrogen-bond donors (Lipinski definition) is 2. The maximum Gasteiger partial charge on any atom is 0.408 e. The molecule has 3 aliphatic heterocycles. The number of aliphatic hydroxyl groups is 1. The van der Waals surface area contributed by atoms with Crippen LogP contribution in [-0.2, 0) is 25.6 Å². The molecule has 2 atom stereocenters. The van der Waals surface area contributed by atoms with Crippen LogP contribution < -0.4 is 5.32 Å². The zero-order valence-electron chi connectivity index (χ0n) is 13.9. The van der Waals surface area contributed by atoms with Crippen molar-refractivity contribution in [2.75, 3.05) is 19.8 Å². The van der Waals surface area contributed by atoms with E-state index in [1.807, 2.05) is 37.3 Å². The van der Waals surface area contributed by atoms with Gasteiger partial charge in [0.15, 0.2) is 0 Å². The lowest BCUT2D eigenvalue weighted by Crippen LogP contribution is -2.69. The zero-order valence-corrected chi connectivity index (χ0v) is 13.9. The minimum absolute atomic E-state index is 0.132. The van der Waals surface area contributed by atoms with Crippen molar-refractivity contribution in [2.24, 2.45) is 5.41 Å². The van der Waals surface area contributed by atoms with Crippen molar-refractivity contribution >= 4 is 6.09 Å². The molecule has 0 unspecified atom stereocenters. The largest absolute Gasteiger partial charge is 0.445 e. The summed E-state index contributed by atoms with van der Waals surface area (Å²) in [5, 5.41) is 12.7. The summed E-state index contributed by atoms with van der Waals surface area (Å²) in [7, 11) is 0. The Balaban J connectivity index is 1.61. The van der Waals surface area contributed by atoms with Crippen molar-refractivity contribution in [1.82, 2.24) is 5.32 Å². The van der Waals surface area contributed by atoms with E-state index in [1.54, 1.807) is 0 Å². The van der Waals surface area contributed by atoms with Crippen LogP contribution in [0, 0.1) is 5.41 Å². The number of carbonyl (C=O) groups excluding carboxylic acids is 1. The second kappa shape index (κ2) is 6.68. The molecular formula is C17H23NO6. The molecule has 132 valence electrons. The van der Waals surface area contributed by atoms with Gasteiger partial charge in [-0.3, -0.25) is 0 Å². The highest BCUT2D eigenvalue weighted by molar-refractivity contribution is 5.67. The molecule has 3 heterocycles. The molecule has 2 N–H and O–H groups in total. The summed E-state index contributed by atoms with van der Waals surface area (Å²) in [6, 6.07) is 8.44. The maximum atomic E-state index is 12.1. The lowest BCUT2D eigenvalue weighted by molar-refractivity contribution is -0.477. The summed E-state index contributed by atoms with van der Waals surface area (Å²) >= 11 is 0. The summed E-state index contributed by atoms with van der Waals surface area (Å²) in [5.41, 5.74) is 0.674. The van der Waals surface area contributed by atoms with Gasteiger partial charge in [-0.2, -0.15) is 0 Å². The van der Waals surface area contributed by atoms with E-state index in [9.17, 15) is 9.90 Å². The van der Waals surface area contributed by atoms with Gasteiger partial charge in [0, 0.05) is 5.41 Å². The van der Waals surface area contributed by atoms with Crippen LogP contribution in [0.4, 0.5) is 4.79 Å². The smallest absolute Gasteiger partial charge is 0.408 e. The quantitative estimate of drug-likeness (QED) is 0.845. The van der Waals surface area contributed by atoms with Crippen LogP contribution in [-0.4, -0.2) is 49.1 Å². The molecule has 0 spiro atoms. The number of carbonyl (C=O) groups is 1. The minimum atomic E-state index is -1.47. The van der Waals surface area contributed by atoms with Gasteiger partial charge in [-0.25, -0.2) is 4.79 Å². The van der Waals surface area contributed by atoms with Crippen molar-refractivity contribution in [2.45, 2.75) is 38.6 Å². The first-order valence-electron chi connectivity index (χ1n) is 8.00. The van der Waals surface area contributed by atoms with E-state index in [2.05, 4.69) is 5.32 Å². The Bertz CT molecular complexity index is 551. The summed E-state index contributed by atoms with van der Waals surface area (Å²) in [6.45, 7) is 4.99. The molecule has 0 aliphatic carbocycles. The Morgan fingerprint density at radius 3 is 2.38 bits per heavy atom. The van der Waals surface area contributed by atoms with Crippen molar-refractivity contribution in [3.8, 4) is 0 Å². The van der Waals surface area contributed by atoms with Gasteiger partial charge in [-0.05, 0) is 12.5 Å². The molecule has 1 aromatic rings. The third kappa shape index (κ3) is 3.54. The molecule has 0 saturated carbocycles. The van der Waals surface area contributed by atoms with Crippen LogP contribution in [0.5, 0.6) is 0 Å². The van der Waals surface area contributed by atoms with Gasteiger partial charge < -0.3 is 29.4 Å². The lowest BCUT2D eigenvalue weighted by atomic mass is 9.90. The highest BCUT2D eigenvalue weighted by Gasteiger charge is 2.56. The first-order chi connectivity index (χ1) is 11.4. The van der Waals surface area contributed by atoms with E-state index < -0.39 is 24.2 Å². The van der Waals surface area contributed by atoms with Crippen LogP contribution in [0.25, 0.3) is 0 Å². The van der Waals surface area contributed by atoms with Crippen LogP contribution in [0.2, 0.25) is 0 Å². The van der Waals surface area contributed by atoms with E-state index in [1.165, 1.54) is 6.92 Å². The Labute approximate surface area is 140 Å². The van der Waals surface area contributed by atoms with Gasteiger partial charge >= 0.3 is 12.1 Å². The molecule has 3 fully saturated rings. The first kappa shape index (κ1) is 17.2. The molecule has 2 bridgehead atoms. The topological polar surface area (TPSA) is 86.3 Å². The Morgan fingerprint density at radius 2 is 1.83 bits per heavy atom. The van der Waals surface area contributed by atoms with Crippen LogP contribution >= 0.6 is 0 Å². The fraction of sp³-hybridized carbons (Fsp3) is 0.588. The molecule has 0 aromatic heterocycles. The van der Waals surface area contributed by atoms with Crippen LogP contribution in [0.15, 0.2) is 30.3 Å². The van der Waals surface area contributed by atoms with Gasteiger partial charge in [0.2, 0.25) is 0 Å². The number of nitrogens with one attached hydrogen (secondary N) is 1. The number of rotatable bonds is 5. The number of aliphatic hydroxyl groups excluding tert-OH is 1. The Hall–Kier alpha value is -1.67. The molecule has 4 rings (SSSR count). The molecule has 7 nitrogen and oxygen atoms in total. The highest BCUT2D eigenvalue weighted by atomic mass is 16.9. The minimum Gasteiger partial charge on any atom is -0.445 e. The molecular weight excluding hydrogens is 314 g/mol. The molecule has 1 amide bonds. The molecule has 1 aromatic carbocycles. The monoisotopic (exact) mass is 337 g/mol.